The summed E-state index contributed by atoms with van der Waals surface area (Å²) in [6.45, 7) is 3.10. The number of aryl methyl sites for hydroxylation is 1. The number of sulfonamides is 1. The van der Waals surface area contributed by atoms with Gasteiger partial charge in [-0.2, -0.15) is 4.31 Å². The zero-order chi connectivity index (χ0) is 23.0. The average molecular weight is 461 g/mol. The Bertz CT molecular complexity index is 1440. The first-order valence-electron chi connectivity index (χ1n) is 10.9. The van der Waals surface area contributed by atoms with Gasteiger partial charge in [0.2, 0.25) is 15.8 Å². The number of morpholine rings is 1. The zero-order valence-corrected chi connectivity index (χ0v) is 19.1. The lowest BCUT2D eigenvalue weighted by Crippen LogP contribution is -2.40. The molecule has 0 saturated carbocycles. The molecule has 2 aromatic carbocycles. The number of carbonyl (C=O) groups is 1. The van der Waals surface area contributed by atoms with E-state index in [9.17, 15) is 13.2 Å². The Morgan fingerprint density at radius 1 is 0.909 bits per heavy atom. The summed E-state index contributed by atoms with van der Waals surface area (Å²) in [7, 11) is -3.73. The standard InChI is InChI=1S/C26H24N2O4S/c1-19-10-11-21(17-24(19)33(30,31)27-13-15-32-16-14-27)26(29)25-23(20-7-3-2-4-8-20)18-22-9-5-6-12-28(22)25/h2-12,17-18H,13-16H2,1H3. The number of benzene rings is 2. The fraction of sp³-hybridized carbons (Fsp3) is 0.192. The quantitative estimate of drug-likeness (QED) is 0.419. The topological polar surface area (TPSA) is 68.1 Å². The van der Waals surface area contributed by atoms with E-state index >= 15 is 0 Å². The fourth-order valence-electron chi connectivity index (χ4n) is 4.28. The molecule has 1 aliphatic rings. The van der Waals surface area contributed by atoms with E-state index in [1.54, 1.807) is 19.1 Å². The van der Waals surface area contributed by atoms with Gasteiger partial charge in [-0.15, -0.1) is 0 Å². The van der Waals surface area contributed by atoms with Gasteiger partial charge in [0.05, 0.1) is 18.1 Å². The smallest absolute Gasteiger partial charge is 0.243 e. The largest absolute Gasteiger partial charge is 0.379 e. The molecule has 5 rings (SSSR count). The highest BCUT2D eigenvalue weighted by Gasteiger charge is 2.29. The van der Waals surface area contributed by atoms with Crippen molar-refractivity contribution < 1.29 is 17.9 Å². The predicted octanol–water partition coefficient (Wildman–Crippen LogP) is 4.17. The molecule has 0 bridgehead atoms. The monoisotopic (exact) mass is 460 g/mol. The lowest BCUT2D eigenvalue weighted by atomic mass is 9.99. The number of rotatable bonds is 5. The van der Waals surface area contributed by atoms with Crippen LogP contribution < -0.4 is 0 Å². The molecule has 0 aliphatic carbocycles. The van der Waals surface area contributed by atoms with Crippen molar-refractivity contribution in [1.29, 1.82) is 0 Å². The third kappa shape index (κ3) is 3.88. The molecular formula is C26H24N2O4S. The molecule has 1 saturated heterocycles. The first-order chi connectivity index (χ1) is 16.0. The maximum Gasteiger partial charge on any atom is 0.243 e. The minimum atomic E-state index is -3.73. The Labute approximate surface area is 193 Å². The molecule has 168 valence electrons. The van der Waals surface area contributed by atoms with E-state index in [1.807, 2.05) is 65.2 Å². The van der Waals surface area contributed by atoms with Crippen molar-refractivity contribution >= 4 is 21.3 Å². The second-order valence-electron chi connectivity index (χ2n) is 8.09. The van der Waals surface area contributed by atoms with E-state index in [1.165, 1.54) is 10.4 Å². The predicted molar refractivity (Wildman–Crippen MR) is 127 cm³/mol. The highest BCUT2D eigenvalue weighted by atomic mass is 32.2. The summed E-state index contributed by atoms with van der Waals surface area (Å²) in [6, 6.07) is 22.4. The van der Waals surface area contributed by atoms with E-state index in [0.29, 0.717) is 43.1 Å². The number of ether oxygens (including phenoxy) is 1. The van der Waals surface area contributed by atoms with Crippen LogP contribution in [-0.2, 0) is 14.8 Å². The molecule has 0 spiro atoms. The maximum atomic E-state index is 13.8. The summed E-state index contributed by atoms with van der Waals surface area (Å²) in [4.78, 5) is 14.0. The van der Waals surface area contributed by atoms with E-state index in [0.717, 1.165) is 16.6 Å². The van der Waals surface area contributed by atoms with Crippen molar-refractivity contribution in [3.05, 3.63) is 95.8 Å². The molecule has 7 heteroatoms. The van der Waals surface area contributed by atoms with Crippen molar-refractivity contribution in [3.8, 4) is 11.1 Å². The lowest BCUT2D eigenvalue weighted by molar-refractivity contribution is 0.0730. The van der Waals surface area contributed by atoms with Crippen LogP contribution in [0.4, 0.5) is 0 Å². The minimum absolute atomic E-state index is 0.164. The van der Waals surface area contributed by atoms with Crippen molar-refractivity contribution in [1.82, 2.24) is 8.71 Å². The molecular weight excluding hydrogens is 436 g/mol. The van der Waals surface area contributed by atoms with Crippen LogP contribution >= 0.6 is 0 Å². The van der Waals surface area contributed by atoms with E-state index in [-0.39, 0.29) is 10.7 Å². The van der Waals surface area contributed by atoms with Gasteiger partial charge in [-0.3, -0.25) is 4.79 Å². The molecule has 3 heterocycles. The molecule has 4 aromatic rings. The second kappa shape index (κ2) is 8.59. The molecule has 0 amide bonds. The first-order valence-corrected chi connectivity index (χ1v) is 12.3. The Balaban J connectivity index is 1.64. The molecule has 0 atom stereocenters. The molecule has 0 radical (unpaired) electrons. The third-order valence-corrected chi connectivity index (χ3v) is 8.06. The summed E-state index contributed by atoms with van der Waals surface area (Å²) in [5, 5.41) is 0. The Kier molecular flexibility index (Phi) is 5.62. The highest BCUT2D eigenvalue weighted by Crippen LogP contribution is 2.31. The van der Waals surface area contributed by atoms with Crippen molar-refractivity contribution in [2.75, 3.05) is 26.3 Å². The van der Waals surface area contributed by atoms with Crippen LogP contribution in [0, 0.1) is 6.92 Å². The normalized spacial score (nSPS) is 15.1. The van der Waals surface area contributed by atoms with Crippen LogP contribution in [0.25, 0.3) is 16.6 Å². The second-order valence-corrected chi connectivity index (χ2v) is 10.0. The average Bonchev–Trinajstić information content (AvgIpc) is 3.24. The minimum Gasteiger partial charge on any atom is -0.379 e. The molecule has 0 N–H and O–H groups in total. The van der Waals surface area contributed by atoms with E-state index < -0.39 is 10.0 Å². The first kappa shape index (κ1) is 21.6. The molecule has 6 nitrogen and oxygen atoms in total. The van der Waals surface area contributed by atoms with Crippen molar-refractivity contribution in [2.45, 2.75) is 11.8 Å². The van der Waals surface area contributed by atoms with Gasteiger partial charge < -0.3 is 9.14 Å². The highest BCUT2D eigenvalue weighted by molar-refractivity contribution is 7.89. The van der Waals surface area contributed by atoms with Crippen LogP contribution in [0.15, 0.2) is 83.9 Å². The maximum absolute atomic E-state index is 13.8. The lowest BCUT2D eigenvalue weighted by Gasteiger charge is -2.26. The Morgan fingerprint density at radius 2 is 1.64 bits per heavy atom. The van der Waals surface area contributed by atoms with E-state index in [2.05, 4.69) is 0 Å². The summed E-state index contributed by atoms with van der Waals surface area (Å²) in [5.41, 5.74) is 4.10. The third-order valence-electron chi connectivity index (χ3n) is 6.02. The molecule has 0 unspecified atom stereocenters. The van der Waals surface area contributed by atoms with Crippen LogP contribution in [0.1, 0.15) is 21.6 Å². The molecule has 2 aromatic heterocycles. The van der Waals surface area contributed by atoms with Gasteiger partial charge in [0, 0.05) is 35.9 Å². The number of pyridine rings is 1. The zero-order valence-electron chi connectivity index (χ0n) is 18.3. The summed E-state index contributed by atoms with van der Waals surface area (Å²) in [6.07, 6.45) is 1.86. The Morgan fingerprint density at radius 3 is 2.39 bits per heavy atom. The van der Waals surface area contributed by atoms with Gasteiger partial charge in [0.15, 0.2) is 0 Å². The van der Waals surface area contributed by atoms with Gasteiger partial charge in [-0.25, -0.2) is 8.42 Å². The van der Waals surface area contributed by atoms with Crippen LogP contribution in [0.2, 0.25) is 0 Å². The Hall–Kier alpha value is -3.26. The number of fused-ring (bicyclic) bond motifs is 1. The van der Waals surface area contributed by atoms with Gasteiger partial charge in [0.25, 0.3) is 0 Å². The fourth-order valence-corrected chi connectivity index (χ4v) is 5.93. The number of hydrogen-bond acceptors (Lipinski definition) is 4. The SMILES string of the molecule is Cc1ccc(C(=O)c2c(-c3ccccc3)cc3ccccn23)cc1S(=O)(=O)N1CCOCC1. The summed E-state index contributed by atoms with van der Waals surface area (Å²) >= 11 is 0. The number of nitrogens with zero attached hydrogens (tertiary/aromatic N) is 2. The summed E-state index contributed by atoms with van der Waals surface area (Å²) in [5.74, 6) is -0.224. The molecule has 1 aliphatic heterocycles. The van der Waals surface area contributed by atoms with Crippen molar-refractivity contribution in [2.24, 2.45) is 0 Å². The molecule has 1 fully saturated rings. The van der Waals surface area contributed by atoms with Gasteiger partial charge in [-0.1, -0.05) is 48.5 Å². The number of carbonyl (C=O) groups excluding carboxylic acids is 1. The van der Waals surface area contributed by atoms with Crippen LogP contribution in [0.3, 0.4) is 0 Å². The van der Waals surface area contributed by atoms with Gasteiger partial charge in [0.1, 0.15) is 5.69 Å². The van der Waals surface area contributed by atoms with Crippen molar-refractivity contribution in [3.63, 3.8) is 0 Å². The molecule has 33 heavy (non-hydrogen) atoms. The van der Waals surface area contributed by atoms with Gasteiger partial charge in [-0.05, 0) is 42.3 Å². The van der Waals surface area contributed by atoms with E-state index in [4.69, 9.17) is 4.74 Å². The van der Waals surface area contributed by atoms with Gasteiger partial charge >= 0.3 is 0 Å². The number of ketones is 1. The number of hydrogen-bond donors (Lipinski definition) is 0. The van der Waals surface area contributed by atoms with Crippen LogP contribution in [-0.4, -0.2) is 49.2 Å². The number of aromatic nitrogens is 1. The van der Waals surface area contributed by atoms with Crippen LogP contribution in [0.5, 0.6) is 0 Å². The summed E-state index contributed by atoms with van der Waals surface area (Å²) < 4.78 is 35.2.